The third-order valence-corrected chi connectivity index (χ3v) is 5.45. The fourth-order valence-corrected chi connectivity index (χ4v) is 4.24. The van der Waals surface area contributed by atoms with Gasteiger partial charge in [-0.3, -0.25) is 10.1 Å². The summed E-state index contributed by atoms with van der Waals surface area (Å²) >= 11 is 0. The van der Waals surface area contributed by atoms with Crippen molar-refractivity contribution >= 4 is 15.7 Å². The molecule has 0 unspecified atom stereocenters. The van der Waals surface area contributed by atoms with Gasteiger partial charge in [0.25, 0.3) is 5.69 Å². The van der Waals surface area contributed by atoms with Gasteiger partial charge in [0.2, 0.25) is 10.0 Å². The van der Waals surface area contributed by atoms with Gasteiger partial charge >= 0.3 is 0 Å². The van der Waals surface area contributed by atoms with Crippen molar-refractivity contribution in [2.45, 2.75) is 37.1 Å². The van der Waals surface area contributed by atoms with E-state index in [0.717, 1.165) is 19.3 Å². The summed E-state index contributed by atoms with van der Waals surface area (Å²) < 4.78 is 26.5. The molecule has 2 rings (SSSR count). The van der Waals surface area contributed by atoms with Gasteiger partial charge in [0.05, 0.1) is 4.92 Å². The molecule has 0 amide bonds. The summed E-state index contributed by atoms with van der Waals surface area (Å²) in [4.78, 5) is 10.1. The molecular weight excluding hydrogens is 268 g/mol. The Morgan fingerprint density at radius 3 is 2.63 bits per heavy atom. The lowest BCUT2D eigenvalue weighted by Gasteiger charge is -2.32. The molecule has 6 nitrogen and oxygen atoms in total. The van der Waals surface area contributed by atoms with Crippen molar-refractivity contribution in [1.29, 1.82) is 0 Å². The molecule has 1 saturated heterocycles. The van der Waals surface area contributed by atoms with Crippen LogP contribution in [0.25, 0.3) is 0 Å². The molecule has 0 bridgehead atoms. The second kappa shape index (κ2) is 5.26. The van der Waals surface area contributed by atoms with Crippen LogP contribution in [0.4, 0.5) is 5.69 Å². The van der Waals surface area contributed by atoms with Gasteiger partial charge in [0.1, 0.15) is 0 Å². The highest BCUT2D eigenvalue weighted by molar-refractivity contribution is 7.89. The standard InChI is InChI=1S/C12H16N2O4S/c1-10-6-4-5-9-13(10)19(17,18)12-8-3-2-7-11(12)14(15)16/h2-3,7-8,10H,4-6,9H2,1H3/t10-/m1/s1. The number of hydrogen-bond acceptors (Lipinski definition) is 4. The number of para-hydroxylation sites is 1. The molecule has 0 saturated carbocycles. The van der Waals surface area contributed by atoms with Crippen molar-refractivity contribution in [3.05, 3.63) is 34.4 Å². The molecule has 1 heterocycles. The molecule has 1 aliphatic heterocycles. The zero-order valence-corrected chi connectivity index (χ0v) is 11.5. The SMILES string of the molecule is C[C@@H]1CCCCN1S(=O)(=O)c1ccccc1[N+](=O)[O-]. The number of sulfonamides is 1. The summed E-state index contributed by atoms with van der Waals surface area (Å²) in [7, 11) is -3.80. The van der Waals surface area contributed by atoms with Gasteiger partial charge < -0.3 is 0 Å². The van der Waals surface area contributed by atoms with Crippen molar-refractivity contribution in [3.8, 4) is 0 Å². The molecule has 0 aromatic heterocycles. The third kappa shape index (κ3) is 2.62. The topological polar surface area (TPSA) is 80.5 Å². The maximum atomic E-state index is 12.5. The first-order valence-corrected chi connectivity index (χ1v) is 7.64. The number of nitrogens with zero attached hydrogens (tertiary/aromatic N) is 2. The monoisotopic (exact) mass is 284 g/mol. The molecule has 19 heavy (non-hydrogen) atoms. The van der Waals surface area contributed by atoms with Crippen molar-refractivity contribution in [2.24, 2.45) is 0 Å². The summed E-state index contributed by atoms with van der Waals surface area (Å²) in [5.74, 6) is 0. The normalized spacial score (nSPS) is 21.2. The lowest BCUT2D eigenvalue weighted by molar-refractivity contribution is -0.387. The van der Waals surface area contributed by atoms with Crippen LogP contribution in [0.2, 0.25) is 0 Å². The van der Waals surface area contributed by atoms with E-state index in [1.807, 2.05) is 6.92 Å². The van der Waals surface area contributed by atoms with E-state index in [2.05, 4.69) is 0 Å². The van der Waals surface area contributed by atoms with Gasteiger partial charge in [-0.25, -0.2) is 8.42 Å². The third-order valence-electron chi connectivity index (χ3n) is 3.39. The lowest BCUT2D eigenvalue weighted by Crippen LogP contribution is -2.42. The van der Waals surface area contributed by atoms with Crippen LogP contribution in [0, 0.1) is 10.1 Å². The Kier molecular flexibility index (Phi) is 3.86. The maximum Gasteiger partial charge on any atom is 0.289 e. The van der Waals surface area contributed by atoms with Crippen LogP contribution < -0.4 is 0 Å². The summed E-state index contributed by atoms with van der Waals surface area (Å²) in [6.07, 6.45) is 2.58. The Bertz CT molecular complexity index is 585. The highest BCUT2D eigenvalue weighted by Crippen LogP contribution is 2.30. The van der Waals surface area contributed by atoms with Gasteiger partial charge in [-0.15, -0.1) is 0 Å². The molecule has 7 heteroatoms. The average Bonchev–Trinajstić information content (AvgIpc) is 2.39. The minimum atomic E-state index is -3.80. The number of hydrogen-bond donors (Lipinski definition) is 0. The van der Waals surface area contributed by atoms with E-state index in [1.165, 1.54) is 28.6 Å². The zero-order chi connectivity index (χ0) is 14.0. The molecule has 104 valence electrons. The fourth-order valence-electron chi connectivity index (χ4n) is 2.38. The molecule has 1 aliphatic rings. The highest BCUT2D eigenvalue weighted by Gasteiger charge is 2.35. The van der Waals surface area contributed by atoms with Gasteiger partial charge in [0.15, 0.2) is 4.90 Å². The number of benzene rings is 1. The van der Waals surface area contributed by atoms with Crippen molar-refractivity contribution in [1.82, 2.24) is 4.31 Å². The van der Waals surface area contributed by atoms with Crippen LogP contribution in [0.1, 0.15) is 26.2 Å². The first-order valence-electron chi connectivity index (χ1n) is 6.20. The van der Waals surface area contributed by atoms with Crippen molar-refractivity contribution < 1.29 is 13.3 Å². The Morgan fingerprint density at radius 2 is 2.00 bits per heavy atom. The van der Waals surface area contributed by atoms with Gasteiger partial charge in [-0.1, -0.05) is 18.6 Å². The molecule has 1 aromatic carbocycles. The average molecular weight is 284 g/mol. The molecule has 0 radical (unpaired) electrons. The van der Waals surface area contributed by atoms with E-state index >= 15 is 0 Å². The minimum Gasteiger partial charge on any atom is -0.258 e. The Balaban J connectivity index is 2.47. The van der Waals surface area contributed by atoms with Crippen LogP contribution in [0.3, 0.4) is 0 Å². The molecule has 0 aliphatic carbocycles. The van der Waals surface area contributed by atoms with E-state index < -0.39 is 14.9 Å². The first kappa shape index (κ1) is 14.0. The molecule has 1 aromatic rings. The van der Waals surface area contributed by atoms with Gasteiger partial charge in [-0.2, -0.15) is 4.31 Å². The van der Waals surface area contributed by atoms with Gasteiger partial charge in [-0.05, 0) is 25.8 Å². The number of nitro benzene ring substituents is 1. The van der Waals surface area contributed by atoms with Gasteiger partial charge in [0, 0.05) is 18.7 Å². The summed E-state index contributed by atoms with van der Waals surface area (Å²) in [5.41, 5.74) is -0.361. The first-order chi connectivity index (χ1) is 8.94. The summed E-state index contributed by atoms with van der Waals surface area (Å²) in [6.45, 7) is 2.26. The van der Waals surface area contributed by atoms with Crippen molar-refractivity contribution in [3.63, 3.8) is 0 Å². The largest absolute Gasteiger partial charge is 0.289 e. The molecule has 0 spiro atoms. The Labute approximate surface area is 112 Å². The van der Waals surface area contributed by atoms with Crippen LogP contribution in [0.15, 0.2) is 29.2 Å². The lowest BCUT2D eigenvalue weighted by atomic mass is 10.1. The minimum absolute atomic E-state index is 0.112. The smallest absolute Gasteiger partial charge is 0.258 e. The predicted octanol–water partition coefficient (Wildman–Crippen LogP) is 2.16. The summed E-state index contributed by atoms with van der Waals surface area (Å²) in [6, 6.07) is 5.39. The van der Waals surface area contributed by atoms with E-state index in [4.69, 9.17) is 0 Å². The van der Waals surface area contributed by atoms with E-state index in [1.54, 1.807) is 0 Å². The molecule has 1 fully saturated rings. The maximum absolute atomic E-state index is 12.5. The van der Waals surface area contributed by atoms with Crippen LogP contribution in [-0.2, 0) is 10.0 Å². The van der Waals surface area contributed by atoms with E-state index in [9.17, 15) is 18.5 Å². The second-order valence-corrected chi connectivity index (χ2v) is 6.54. The van der Waals surface area contributed by atoms with E-state index in [-0.39, 0.29) is 16.6 Å². The number of nitro groups is 1. The second-order valence-electron chi connectivity index (χ2n) is 4.69. The van der Waals surface area contributed by atoms with Crippen LogP contribution in [-0.4, -0.2) is 30.2 Å². The quantitative estimate of drug-likeness (QED) is 0.629. The molecule has 1 atom stereocenters. The molecular formula is C12H16N2O4S. The highest BCUT2D eigenvalue weighted by atomic mass is 32.2. The number of piperidine rings is 1. The van der Waals surface area contributed by atoms with Crippen LogP contribution >= 0.6 is 0 Å². The predicted molar refractivity (Wildman–Crippen MR) is 70.3 cm³/mol. The van der Waals surface area contributed by atoms with E-state index in [0.29, 0.717) is 6.54 Å². The zero-order valence-electron chi connectivity index (χ0n) is 10.7. The van der Waals surface area contributed by atoms with Crippen molar-refractivity contribution in [2.75, 3.05) is 6.54 Å². The molecule has 0 N–H and O–H groups in total. The van der Waals surface area contributed by atoms with Crippen LogP contribution in [0.5, 0.6) is 0 Å². The number of rotatable bonds is 3. The Morgan fingerprint density at radius 1 is 1.32 bits per heavy atom. The summed E-state index contributed by atoms with van der Waals surface area (Å²) in [5, 5.41) is 11.0. The fraction of sp³-hybridized carbons (Fsp3) is 0.500. The Hall–Kier alpha value is -1.47.